The lowest BCUT2D eigenvalue weighted by Crippen LogP contribution is -2.41. The van der Waals surface area contributed by atoms with Gasteiger partial charge in [-0.15, -0.1) is 0 Å². The number of carboxylic acid groups (broad SMARTS) is 1. The standard InChI is InChI=1S/C39H44F5N3O5/c1-22-16-23(2)34-27-18-26(24-9-10-24)36(40)35(37(27)41)29(20-33(49)50)45-38(51)30(8-5-3-4-6-15-52-31(34)17-22)47-21-25(11-14-46-12-7-13-46)28(19-32(47)48)39(42,43)44/h16-19,21,24,29-30H,3-15,20H2,1-2H3,(H,45,51)(H,49,50)/t29-,30-/m0/s1. The fourth-order valence-corrected chi connectivity index (χ4v) is 7.47. The van der Waals surface area contributed by atoms with Gasteiger partial charge in [0.1, 0.15) is 23.4 Å². The Labute approximate surface area is 299 Å². The van der Waals surface area contributed by atoms with Gasteiger partial charge in [0.25, 0.3) is 5.56 Å². The smallest absolute Gasteiger partial charge is 0.416 e. The molecular weight excluding hydrogens is 685 g/mol. The number of fused-ring (bicyclic) bond motifs is 4. The van der Waals surface area contributed by atoms with Crippen LogP contribution in [-0.4, -0.2) is 52.7 Å². The fraction of sp³-hybridized carbons (Fsp3) is 0.513. The number of alkyl halides is 3. The Kier molecular flexibility index (Phi) is 11.1. The van der Waals surface area contributed by atoms with Crippen LogP contribution in [-0.2, 0) is 22.2 Å². The average molecular weight is 730 g/mol. The van der Waals surface area contributed by atoms with E-state index in [1.54, 1.807) is 13.0 Å². The van der Waals surface area contributed by atoms with Crippen LogP contribution in [0.1, 0.15) is 109 Å². The summed E-state index contributed by atoms with van der Waals surface area (Å²) in [7, 11) is 0. The van der Waals surface area contributed by atoms with Crippen LogP contribution in [0.15, 0.2) is 35.3 Å². The van der Waals surface area contributed by atoms with Gasteiger partial charge in [-0.05, 0) is 106 Å². The summed E-state index contributed by atoms with van der Waals surface area (Å²) in [6.45, 7) is 5.79. The number of ether oxygens (including phenoxy) is 1. The normalized spacial score (nSPS) is 20.4. The molecule has 2 aromatic carbocycles. The summed E-state index contributed by atoms with van der Waals surface area (Å²) in [4.78, 5) is 41.9. The van der Waals surface area contributed by atoms with Crippen LogP contribution >= 0.6 is 0 Å². The van der Waals surface area contributed by atoms with Crippen LogP contribution in [0, 0.1) is 25.5 Å². The highest BCUT2D eigenvalue weighted by Gasteiger charge is 2.38. The highest BCUT2D eigenvalue weighted by atomic mass is 19.4. The molecule has 6 rings (SSSR count). The molecule has 3 aromatic rings. The van der Waals surface area contributed by atoms with Crippen molar-refractivity contribution < 1.29 is 41.4 Å². The molecule has 0 unspecified atom stereocenters. The molecular formula is C39H44F5N3O5. The molecule has 2 aliphatic heterocycles. The minimum absolute atomic E-state index is 0.0152. The number of pyridine rings is 1. The van der Waals surface area contributed by atoms with E-state index in [-0.39, 0.29) is 42.1 Å². The number of carboxylic acids is 1. The molecule has 8 nitrogen and oxygen atoms in total. The highest BCUT2D eigenvalue weighted by molar-refractivity contribution is 5.82. The minimum atomic E-state index is -4.81. The largest absolute Gasteiger partial charge is 0.493 e. The Morgan fingerprint density at radius 1 is 0.962 bits per heavy atom. The number of hydrogen-bond acceptors (Lipinski definition) is 5. The topological polar surface area (TPSA) is 101 Å². The van der Waals surface area contributed by atoms with Gasteiger partial charge in [0.05, 0.1) is 24.6 Å². The number of aliphatic carboxylic acids is 1. The summed E-state index contributed by atoms with van der Waals surface area (Å²) in [5, 5.41) is 12.5. The van der Waals surface area contributed by atoms with E-state index in [2.05, 4.69) is 5.32 Å². The van der Waals surface area contributed by atoms with Crippen molar-refractivity contribution in [1.82, 2.24) is 14.8 Å². The molecule has 3 aliphatic rings. The number of aromatic nitrogens is 1. The van der Waals surface area contributed by atoms with Crippen LogP contribution in [0.4, 0.5) is 22.0 Å². The van der Waals surface area contributed by atoms with Crippen molar-refractivity contribution in [2.45, 2.75) is 102 Å². The third-order valence-electron chi connectivity index (χ3n) is 10.4. The summed E-state index contributed by atoms with van der Waals surface area (Å²) in [5.74, 6) is -4.18. The van der Waals surface area contributed by atoms with Crippen molar-refractivity contribution in [3.05, 3.63) is 85.8 Å². The van der Waals surface area contributed by atoms with E-state index < -0.39 is 64.9 Å². The van der Waals surface area contributed by atoms with E-state index in [0.717, 1.165) is 35.8 Å². The zero-order valence-corrected chi connectivity index (χ0v) is 29.4. The van der Waals surface area contributed by atoms with Crippen LogP contribution in [0.5, 0.6) is 5.75 Å². The Balaban J connectivity index is 1.48. The summed E-state index contributed by atoms with van der Waals surface area (Å²) >= 11 is 0. The van der Waals surface area contributed by atoms with E-state index in [1.807, 2.05) is 17.9 Å². The molecule has 1 aromatic heterocycles. The van der Waals surface area contributed by atoms with Gasteiger partial charge < -0.3 is 24.6 Å². The van der Waals surface area contributed by atoms with E-state index in [1.165, 1.54) is 6.07 Å². The van der Waals surface area contributed by atoms with Crippen LogP contribution < -0.4 is 15.6 Å². The molecule has 2 fully saturated rings. The van der Waals surface area contributed by atoms with E-state index >= 15 is 8.78 Å². The third-order valence-corrected chi connectivity index (χ3v) is 10.4. The summed E-state index contributed by atoms with van der Waals surface area (Å²) in [6, 6.07) is 2.50. The lowest BCUT2D eigenvalue weighted by molar-refractivity contribution is -0.139. The maximum atomic E-state index is 17.0. The van der Waals surface area contributed by atoms with E-state index in [9.17, 15) is 32.7 Å². The van der Waals surface area contributed by atoms with Crippen molar-refractivity contribution >= 4 is 11.9 Å². The van der Waals surface area contributed by atoms with Crippen LogP contribution in [0.3, 0.4) is 0 Å². The molecule has 52 heavy (non-hydrogen) atoms. The molecule has 1 saturated heterocycles. The first-order chi connectivity index (χ1) is 24.7. The molecule has 1 amide bonds. The maximum Gasteiger partial charge on any atom is 0.416 e. The van der Waals surface area contributed by atoms with Crippen LogP contribution in [0.2, 0.25) is 0 Å². The third kappa shape index (κ3) is 8.19. The van der Waals surface area contributed by atoms with Gasteiger partial charge in [-0.25, -0.2) is 8.78 Å². The number of aryl methyl sites for hydroxylation is 2. The quantitative estimate of drug-likeness (QED) is 0.241. The molecule has 0 spiro atoms. The first-order valence-corrected chi connectivity index (χ1v) is 18.1. The molecule has 13 heteroatoms. The predicted octanol–water partition coefficient (Wildman–Crippen LogP) is 7.77. The van der Waals surface area contributed by atoms with Gasteiger partial charge in [0, 0.05) is 35.5 Å². The second-order valence-electron chi connectivity index (χ2n) is 14.4. The zero-order valence-electron chi connectivity index (χ0n) is 29.4. The van der Waals surface area contributed by atoms with Gasteiger partial charge in [-0.1, -0.05) is 25.3 Å². The van der Waals surface area contributed by atoms with Gasteiger partial charge in [-0.3, -0.25) is 14.4 Å². The first kappa shape index (κ1) is 37.5. The number of nitrogens with one attached hydrogen (secondary N) is 1. The molecule has 1 saturated carbocycles. The lowest BCUT2D eigenvalue weighted by atomic mass is 9.89. The van der Waals surface area contributed by atoms with Crippen LogP contribution in [0.25, 0.3) is 11.1 Å². The Morgan fingerprint density at radius 2 is 1.69 bits per heavy atom. The Morgan fingerprint density at radius 3 is 2.35 bits per heavy atom. The Hall–Kier alpha value is -4.26. The highest BCUT2D eigenvalue weighted by Crippen LogP contribution is 2.47. The molecule has 2 bridgehead atoms. The first-order valence-electron chi connectivity index (χ1n) is 18.1. The molecule has 3 heterocycles. The van der Waals surface area contributed by atoms with Crippen molar-refractivity contribution in [2.24, 2.45) is 0 Å². The minimum Gasteiger partial charge on any atom is -0.493 e. The zero-order chi connectivity index (χ0) is 37.3. The summed E-state index contributed by atoms with van der Waals surface area (Å²) in [6.07, 6.45) is -0.144. The van der Waals surface area contributed by atoms with Crippen molar-refractivity contribution in [2.75, 3.05) is 26.2 Å². The van der Waals surface area contributed by atoms with Gasteiger partial charge in [0.15, 0.2) is 0 Å². The number of rotatable bonds is 7. The van der Waals surface area contributed by atoms with Gasteiger partial charge in [0.2, 0.25) is 5.91 Å². The number of halogens is 5. The number of benzene rings is 2. The number of carbonyl (C=O) groups excluding carboxylic acids is 1. The SMILES string of the molecule is Cc1cc(C)c2c(c1)OCCCCCC[C@H](n1cc(CCN3CCC3)c(C(F)(F)F)cc1=O)C(=O)N[C@@H](CC(=O)O)c1c(F)c-2cc(C2CC2)c1F. The number of carbonyl (C=O) groups is 2. The fourth-order valence-electron chi connectivity index (χ4n) is 7.47. The number of likely N-dealkylation sites (tertiary alicyclic amines) is 1. The van der Waals surface area contributed by atoms with E-state index in [4.69, 9.17) is 4.74 Å². The summed E-state index contributed by atoms with van der Waals surface area (Å²) in [5.41, 5.74) is -0.751. The monoisotopic (exact) mass is 729 g/mol. The average Bonchev–Trinajstić information content (AvgIpc) is 3.87. The second kappa shape index (κ2) is 15.4. The second-order valence-corrected chi connectivity index (χ2v) is 14.4. The molecule has 2 atom stereocenters. The maximum absolute atomic E-state index is 17.0. The van der Waals surface area contributed by atoms with Crippen molar-refractivity contribution in [1.29, 1.82) is 0 Å². The number of nitrogens with zero attached hydrogens (tertiary/aromatic N) is 2. The number of amides is 1. The van der Waals surface area contributed by atoms with Gasteiger partial charge >= 0.3 is 12.1 Å². The molecule has 1 aliphatic carbocycles. The lowest BCUT2D eigenvalue weighted by Gasteiger charge is -2.31. The molecule has 280 valence electrons. The summed E-state index contributed by atoms with van der Waals surface area (Å²) < 4.78 is 83.0. The predicted molar refractivity (Wildman–Crippen MR) is 184 cm³/mol. The van der Waals surface area contributed by atoms with Gasteiger partial charge in [-0.2, -0.15) is 13.2 Å². The Bertz CT molecular complexity index is 1900. The van der Waals surface area contributed by atoms with Crippen molar-refractivity contribution in [3.63, 3.8) is 0 Å². The van der Waals surface area contributed by atoms with E-state index in [0.29, 0.717) is 68.0 Å². The number of hydrogen-bond donors (Lipinski definition) is 2. The molecule has 0 radical (unpaired) electrons. The van der Waals surface area contributed by atoms with Crippen molar-refractivity contribution in [3.8, 4) is 16.9 Å². The molecule has 2 N–H and O–H groups in total.